The fourth-order valence-corrected chi connectivity index (χ4v) is 2.49. The van der Waals surface area contributed by atoms with Crippen LogP contribution in [-0.2, 0) is 14.4 Å². The Morgan fingerprint density at radius 3 is 2.68 bits per heavy atom. The molecular weight excluding hydrogens is 284 g/mol. The van der Waals surface area contributed by atoms with Gasteiger partial charge in [-0.15, -0.1) is 0 Å². The molecule has 1 aliphatic heterocycles. The number of hydrogen-bond donors (Lipinski definition) is 3. The van der Waals surface area contributed by atoms with Crippen LogP contribution in [0.4, 0.5) is 0 Å². The molecule has 3 amide bonds. The van der Waals surface area contributed by atoms with Crippen LogP contribution in [-0.4, -0.2) is 36.9 Å². The van der Waals surface area contributed by atoms with Gasteiger partial charge in [0, 0.05) is 12.5 Å². The van der Waals surface area contributed by atoms with Gasteiger partial charge in [0.1, 0.15) is 12.1 Å². The van der Waals surface area contributed by atoms with E-state index in [1.165, 1.54) is 0 Å². The van der Waals surface area contributed by atoms with Crippen LogP contribution in [0.1, 0.15) is 40.0 Å². The predicted molar refractivity (Wildman–Crippen MR) is 80.3 cm³/mol. The summed E-state index contributed by atoms with van der Waals surface area (Å²) in [6.07, 6.45) is 1.91. The molecule has 0 bridgehead atoms. The highest BCUT2D eigenvalue weighted by atomic mass is 16.2. The van der Waals surface area contributed by atoms with Crippen molar-refractivity contribution < 1.29 is 14.4 Å². The molecule has 3 atom stereocenters. The zero-order chi connectivity index (χ0) is 16.8. The second-order valence-corrected chi connectivity index (χ2v) is 6.80. The van der Waals surface area contributed by atoms with Crippen molar-refractivity contribution in [1.29, 1.82) is 5.26 Å². The van der Waals surface area contributed by atoms with E-state index in [-0.39, 0.29) is 23.7 Å². The van der Waals surface area contributed by atoms with Gasteiger partial charge in [-0.05, 0) is 24.7 Å². The van der Waals surface area contributed by atoms with Crippen molar-refractivity contribution in [3.8, 4) is 6.07 Å². The molecule has 22 heavy (non-hydrogen) atoms. The zero-order valence-electron chi connectivity index (χ0n) is 13.3. The highest BCUT2D eigenvalue weighted by Gasteiger charge is 2.30. The molecule has 0 aromatic carbocycles. The zero-order valence-corrected chi connectivity index (χ0v) is 13.3. The molecule has 0 spiro atoms. The SMILES string of the molecule is CC(C)(C)C[C@H](NC=O)C(=O)N[C@@H](C#N)C[C@@H]1CCNC1=O. The quantitative estimate of drug-likeness (QED) is 0.578. The van der Waals surface area contributed by atoms with Crippen molar-refractivity contribution in [2.24, 2.45) is 11.3 Å². The van der Waals surface area contributed by atoms with Crippen LogP contribution >= 0.6 is 0 Å². The lowest BCUT2D eigenvalue weighted by molar-refractivity contribution is -0.127. The maximum atomic E-state index is 12.3. The average molecular weight is 308 g/mol. The van der Waals surface area contributed by atoms with Crippen LogP contribution in [0.2, 0.25) is 0 Å². The van der Waals surface area contributed by atoms with Gasteiger partial charge in [-0.3, -0.25) is 14.4 Å². The third-order valence-corrected chi connectivity index (χ3v) is 3.56. The van der Waals surface area contributed by atoms with Crippen LogP contribution in [0.15, 0.2) is 0 Å². The molecule has 3 N–H and O–H groups in total. The van der Waals surface area contributed by atoms with Gasteiger partial charge in [0.05, 0.1) is 6.07 Å². The summed E-state index contributed by atoms with van der Waals surface area (Å²) in [5, 5.41) is 17.0. The number of amides is 3. The van der Waals surface area contributed by atoms with E-state index in [0.717, 1.165) is 0 Å². The number of rotatable bonds is 7. The lowest BCUT2D eigenvalue weighted by Crippen LogP contribution is -2.49. The Morgan fingerprint density at radius 2 is 2.23 bits per heavy atom. The number of nitrogens with one attached hydrogen (secondary N) is 3. The van der Waals surface area contributed by atoms with Gasteiger partial charge in [0.25, 0.3) is 0 Å². The molecule has 1 rings (SSSR count). The third kappa shape index (κ3) is 5.72. The minimum atomic E-state index is -0.739. The van der Waals surface area contributed by atoms with Crippen molar-refractivity contribution in [3.05, 3.63) is 0 Å². The van der Waals surface area contributed by atoms with Gasteiger partial charge in [-0.2, -0.15) is 5.26 Å². The first-order chi connectivity index (χ1) is 10.3. The van der Waals surface area contributed by atoms with Crippen molar-refractivity contribution in [2.75, 3.05) is 6.54 Å². The van der Waals surface area contributed by atoms with E-state index in [2.05, 4.69) is 16.0 Å². The van der Waals surface area contributed by atoms with E-state index in [9.17, 15) is 19.6 Å². The molecule has 0 aromatic rings. The van der Waals surface area contributed by atoms with Crippen molar-refractivity contribution in [2.45, 2.75) is 52.1 Å². The minimum absolute atomic E-state index is 0.0771. The monoisotopic (exact) mass is 308 g/mol. The van der Waals surface area contributed by atoms with Crippen LogP contribution in [0.3, 0.4) is 0 Å². The predicted octanol–water partition coefficient (Wildman–Crippen LogP) is 0.0718. The summed E-state index contributed by atoms with van der Waals surface area (Å²) in [7, 11) is 0. The Bertz CT molecular complexity index is 464. The van der Waals surface area contributed by atoms with Gasteiger partial charge in [-0.1, -0.05) is 20.8 Å². The van der Waals surface area contributed by atoms with E-state index in [1.54, 1.807) is 0 Å². The summed E-state index contributed by atoms with van der Waals surface area (Å²) < 4.78 is 0. The fraction of sp³-hybridized carbons (Fsp3) is 0.733. The van der Waals surface area contributed by atoms with Gasteiger partial charge in [0.2, 0.25) is 18.2 Å². The number of carbonyl (C=O) groups excluding carboxylic acids is 3. The van der Waals surface area contributed by atoms with Crippen molar-refractivity contribution >= 4 is 18.2 Å². The van der Waals surface area contributed by atoms with Crippen LogP contribution in [0.25, 0.3) is 0 Å². The summed E-state index contributed by atoms with van der Waals surface area (Å²) in [6.45, 7) is 6.49. The van der Waals surface area contributed by atoms with Gasteiger partial charge in [-0.25, -0.2) is 0 Å². The lowest BCUT2D eigenvalue weighted by Gasteiger charge is -2.26. The first kappa shape index (κ1) is 18.0. The number of carbonyl (C=O) groups is 3. The van der Waals surface area contributed by atoms with Gasteiger partial charge >= 0.3 is 0 Å². The average Bonchev–Trinajstić information content (AvgIpc) is 2.81. The Balaban J connectivity index is 2.63. The molecule has 0 saturated carbocycles. The summed E-state index contributed by atoms with van der Waals surface area (Å²) in [5.74, 6) is -0.719. The van der Waals surface area contributed by atoms with E-state index >= 15 is 0 Å². The van der Waals surface area contributed by atoms with Crippen LogP contribution < -0.4 is 16.0 Å². The van der Waals surface area contributed by atoms with Crippen LogP contribution in [0.5, 0.6) is 0 Å². The standard InChI is InChI=1S/C15H24N4O3/c1-15(2,3)7-12(18-9-20)14(22)19-11(8-16)6-10-4-5-17-13(10)21/h9-12H,4-7H2,1-3H3,(H,17,21)(H,18,20)(H,19,22)/t10-,11+,12-/m0/s1. The van der Waals surface area contributed by atoms with Crippen molar-refractivity contribution in [1.82, 2.24) is 16.0 Å². The first-order valence-corrected chi connectivity index (χ1v) is 7.44. The van der Waals surface area contributed by atoms with Gasteiger partial charge < -0.3 is 16.0 Å². The Morgan fingerprint density at radius 1 is 1.55 bits per heavy atom. The summed E-state index contributed by atoms with van der Waals surface area (Å²) in [6, 6.07) is 0.584. The van der Waals surface area contributed by atoms with E-state index in [1.807, 2.05) is 26.8 Å². The maximum Gasteiger partial charge on any atom is 0.243 e. The minimum Gasteiger partial charge on any atom is -0.356 e. The smallest absolute Gasteiger partial charge is 0.243 e. The molecule has 0 radical (unpaired) electrons. The van der Waals surface area contributed by atoms with E-state index in [4.69, 9.17) is 0 Å². The topological polar surface area (TPSA) is 111 Å². The molecule has 1 saturated heterocycles. The number of hydrogen-bond acceptors (Lipinski definition) is 4. The summed E-state index contributed by atoms with van der Waals surface area (Å²) >= 11 is 0. The molecule has 1 fully saturated rings. The second kappa shape index (κ2) is 7.78. The number of nitrogens with zero attached hydrogens (tertiary/aromatic N) is 1. The van der Waals surface area contributed by atoms with E-state index in [0.29, 0.717) is 25.8 Å². The molecule has 0 unspecified atom stereocenters. The van der Waals surface area contributed by atoms with Crippen molar-refractivity contribution in [3.63, 3.8) is 0 Å². The Hall–Kier alpha value is -2.10. The van der Waals surface area contributed by atoms with Crippen LogP contribution in [0, 0.1) is 22.7 Å². The summed E-state index contributed by atoms with van der Waals surface area (Å²) in [4.78, 5) is 34.5. The second-order valence-electron chi connectivity index (χ2n) is 6.80. The molecule has 7 heteroatoms. The molecule has 0 aromatic heterocycles. The molecule has 1 heterocycles. The Labute approximate surface area is 130 Å². The fourth-order valence-electron chi connectivity index (χ4n) is 2.49. The Kier molecular flexibility index (Phi) is 6.35. The molecule has 7 nitrogen and oxygen atoms in total. The maximum absolute atomic E-state index is 12.3. The van der Waals surface area contributed by atoms with E-state index < -0.39 is 18.0 Å². The molecule has 1 aliphatic rings. The molecule has 122 valence electrons. The normalized spacial score (nSPS) is 20.5. The lowest BCUT2D eigenvalue weighted by atomic mass is 9.87. The highest BCUT2D eigenvalue weighted by molar-refractivity contribution is 5.84. The molecule has 0 aliphatic carbocycles. The highest BCUT2D eigenvalue weighted by Crippen LogP contribution is 2.21. The summed E-state index contributed by atoms with van der Waals surface area (Å²) in [5.41, 5.74) is -0.147. The third-order valence-electron chi connectivity index (χ3n) is 3.56. The first-order valence-electron chi connectivity index (χ1n) is 7.44. The molecular formula is C15H24N4O3. The number of nitriles is 1. The largest absolute Gasteiger partial charge is 0.356 e. The van der Waals surface area contributed by atoms with Gasteiger partial charge in [0.15, 0.2) is 0 Å².